The number of nitrogens with two attached hydrogens (primary N) is 1. The molecule has 0 bridgehead atoms. The van der Waals surface area contributed by atoms with Gasteiger partial charge in [0.15, 0.2) is 0 Å². The normalized spacial score (nSPS) is 15.4. The molecule has 1 heterocycles. The number of nitrogens with one attached hydrogen (secondary N) is 1. The van der Waals surface area contributed by atoms with Gasteiger partial charge in [0, 0.05) is 18.8 Å². The van der Waals surface area contributed by atoms with E-state index >= 15 is 0 Å². The van der Waals surface area contributed by atoms with Crippen LogP contribution >= 0.6 is 0 Å². The summed E-state index contributed by atoms with van der Waals surface area (Å²) in [6, 6.07) is 3.29. The SMILES string of the molecule is Cc1cc(N)c(C)c(S(=O)(=O)NCC(=O)N2CCCC2)c1. The van der Waals surface area contributed by atoms with Gasteiger partial charge in [-0.2, -0.15) is 0 Å². The molecule has 0 radical (unpaired) electrons. The number of aryl methyl sites for hydroxylation is 1. The molecule has 0 spiro atoms. The van der Waals surface area contributed by atoms with Crippen LogP contribution in [0.4, 0.5) is 5.69 Å². The fourth-order valence-corrected chi connectivity index (χ4v) is 3.78. The third-order valence-corrected chi connectivity index (χ3v) is 5.23. The second kappa shape index (κ2) is 6.03. The molecule has 21 heavy (non-hydrogen) atoms. The van der Waals surface area contributed by atoms with E-state index in [-0.39, 0.29) is 17.3 Å². The molecule has 1 aromatic carbocycles. The molecule has 1 saturated heterocycles. The van der Waals surface area contributed by atoms with Crippen molar-refractivity contribution in [3.05, 3.63) is 23.3 Å². The Morgan fingerprint density at radius 3 is 2.52 bits per heavy atom. The number of benzene rings is 1. The Morgan fingerprint density at radius 1 is 1.29 bits per heavy atom. The van der Waals surface area contributed by atoms with Gasteiger partial charge in [-0.3, -0.25) is 4.79 Å². The summed E-state index contributed by atoms with van der Waals surface area (Å²) >= 11 is 0. The number of carbonyl (C=O) groups is 1. The van der Waals surface area contributed by atoms with Gasteiger partial charge in [0.2, 0.25) is 15.9 Å². The number of nitrogen functional groups attached to an aromatic ring is 1. The van der Waals surface area contributed by atoms with Crippen LogP contribution in [0, 0.1) is 13.8 Å². The predicted molar refractivity (Wildman–Crippen MR) is 81.3 cm³/mol. The Hall–Kier alpha value is -1.60. The highest BCUT2D eigenvalue weighted by molar-refractivity contribution is 7.89. The molecule has 1 aliphatic rings. The lowest BCUT2D eigenvalue weighted by Crippen LogP contribution is -2.38. The van der Waals surface area contributed by atoms with E-state index in [9.17, 15) is 13.2 Å². The molecule has 6 nitrogen and oxygen atoms in total. The lowest BCUT2D eigenvalue weighted by molar-refractivity contribution is -0.128. The Balaban J connectivity index is 2.13. The smallest absolute Gasteiger partial charge is 0.241 e. The van der Waals surface area contributed by atoms with Crippen molar-refractivity contribution in [2.24, 2.45) is 0 Å². The highest BCUT2D eigenvalue weighted by Crippen LogP contribution is 2.22. The minimum absolute atomic E-state index is 0.134. The van der Waals surface area contributed by atoms with Crippen molar-refractivity contribution in [1.82, 2.24) is 9.62 Å². The van der Waals surface area contributed by atoms with Crippen molar-refractivity contribution in [3.63, 3.8) is 0 Å². The lowest BCUT2D eigenvalue weighted by atomic mass is 10.1. The molecule has 7 heteroatoms. The zero-order chi connectivity index (χ0) is 15.6. The number of hydrogen-bond acceptors (Lipinski definition) is 4. The van der Waals surface area contributed by atoms with Crippen molar-refractivity contribution in [3.8, 4) is 0 Å². The number of carbonyl (C=O) groups excluding carboxylic acids is 1. The molecule has 0 saturated carbocycles. The van der Waals surface area contributed by atoms with Gasteiger partial charge >= 0.3 is 0 Å². The molecule has 3 N–H and O–H groups in total. The first-order chi connectivity index (χ1) is 9.81. The molecule has 116 valence electrons. The number of nitrogens with zero attached hydrogens (tertiary/aromatic N) is 1. The van der Waals surface area contributed by atoms with Crippen molar-refractivity contribution in [2.45, 2.75) is 31.6 Å². The first-order valence-corrected chi connectivity index (χ1v) is 8.44. The van der Waals surface area contributed by atoms with E-state index < -0.39 is 10.0 Å². The van der Waals surface area contributed by atoms with E-state index in [0.717, 1.165) is 18.4 Å². The number of amides is 1. The summed E-state index contributed by atoms with van der Waals surface area (Å²) in [5.74, 6) is -0.186. The van der Waals surface area contributed by atoms with Gasteiger partial charge < -0.3 is 10.6 Å². The first kappa shape index (κ1) is 15.8. The highest BCUT2D eigenvalue weighted by Gasteiger charge is 2.23. The van der Waals surface area contributed by atoms with Crippen LogP contribution in [-0.4, -0.2) is 38.9 Å². The molecule has 0 atom stereocenters. The van der Waals surface area contributed by atoms with Crippen LogP contribution in [0.1, 0.15) is 24.0 Å². The van der Waals surface area contributed by atoms with E-state index in [1.165, 1.54) is 0 Å². The van der Waals surface area contributed by atoms with E-state index in [1.807, 2.05) is 0 Å². The number of hydrogen-bond donors (Lipinski definition) is 2. The second-order valence-corrected chi connectivity index (χ2v) is 7.13. The van der Waals surface area contributed by atoms with Crippen LogP contribution in [-0.2, 0) is 14.8 Å². The number of anilines is 1. The average Bonchev–Trinajstić information content (AvgIpc) is 2.94. The van der Waals surface area contributed by atoms with Crippen molar-refractivity contribution in [1.29, 1.82) is 0 Å². The van der Waals surface area contributed by atoms with Crippen LogP contribution < -0.4 is 10.5 Å². The van der Waals surface area contributed by atoms with Gasteiger partial charge in [0.25, 0.3) is 0 Å². The molecular formula is C14H21N3O3S. The van der Waals surface area contributed by atoms with E-state index in [4.69, 9.17) is 5.73 Å². The molecule has 1 fully saturated rings. The fourth-order valence-electron chi connectivity index (χ4n) is 2.44. The minimum atomic E-state index is -3.74. The molecule has 2 rings (SSSR count). The van der Waals surface area contributed by atoms with Crippen LogP contribution in [0.3, 0.4) is 0 Å². The third kappa shape index (κ3) is 3.54. The summed E-state index contributed by atoms with van der Waals surface area (Å²) in [7, 11) is -3.74. The topological polar surface area (TPSA) is 92.5 Å². The minimum Gasteiger partial charge on any atom is -0.398 e. The van der Waals surface area contributed by atoms with Crippen molar-refractivity contribution < 1.29 is 13.2 Å². The highest BCUT2D eigenvalue weighted by atomic mass is 32.2. The fraction of sp³-hybridized carbons (Fsp3) is 0.500. The zero-order valence-electron chi connectivity index (χ0n) is 12.3. The maximum atomic E-state index is 12.3. The van der Waals surface area contributed by atoms with Crippen LogP contribution in [0.25, 0.3) is 0 Å². The standard InChI is InChI=1S/C14H21N3O3S/c1-10-7-12(15)11(2)13(8-10)21(19,20)16-9-14(18)17-5-3-4-6-17/h7-8,16H,3-6,9,15H2,1-2H3. The average molecular weight is 311 g/mol. The summed E-state index contributed by atoms with van der Waals surface area (Å²) in [6.45, 7) is 4.64. The Kier molecular flexibility index (Phi) is 4.53. The van der Waals surface area contributed by atoms with Crippen LogP contribution in [0.5, 0.6) is 0 Å². The van der Waals surface area contributed by atoms with Gasteiger partial charge in [-0.1, -0.05) is 0 Å². The number of sulfonamides is 1. The molecule has 0 aromatic heterocycles. The summed E-state index contributed by atoms with van der Waals surface area (Å²) in [6.07, 6.45) is 1.96. The van der Waals surface area contributed by atoms with Crippen molar-refractivity contribution in [2.75, 3.05) is 25.4 Å². The first-order valence-electron chi connectivity index (χ1n) is 6.95. The van der Waals surface area contributed by atoms with Crippen molar-refractivity contribution >= 4 is 21.6 Å². The largest absolute Gasteiger partial charge is 0.398 e. The summed E-state index contributed by atoms with van der Waals surface area (Å²) < 4.78 is 27.1. The van der Waals surface area contributed by atoms with Gasteiger partial charge in [-0.25, -0.2) is 13.1 Å². The number of rotatable bonds is 4. The third-order valence-electron chi connectivity index (χ3n) is 3.71. The maximum Gasteiger partial charge on any atom is 0.241 e. The second-order valence-electron chi connectivity index (χ2n) is 5.39. The maximum absolute atomic E-state index is 12.3. The summed E-state index contributed by atoms with van der Waals surface area (Å²) in [5.41, 5.74) is 7.51. The monoisotopic (exact) mass is 311 g/mol. The van der Waals surface area contributed by atoms with E-state index in [1.54, 1.807) is 30.9 Å². The summed E-state index contributed by atoms with van der Waals surface area (Å²) in [5, 5.41) is 0. The summed E-state index contributed by atoms with van der Waals surface area (Å²) in [4.78, 5) is 13.7. The van der Waals surface area contributed by atoms with E-state index in [2.05, 4.69) is 4.72 Å². The van der Waals surface area contributed by atoms with E-state index in [0.29, 0.717) is 24.3 Å². The van der Waals surface area contributed by atoms with Gasteiger partial charge in [-0.15, -0.1) is 0 Å². The Labute approximate surface area is 125 Å². The number of likely N-dealkylation sites (tertiary alicyclic amines) is 1. The molecule has 1 aliphatic heterocycles. The Bertz CT molecular complexity index is 650. The predicted octanol–water partition coefficient (Wildman–Crippen LogP) is 0.786. The molecule has 1 amide bonds. The van der Waals surface area contributed by atoms with Crippen LogP contribution in [0.2, 0.25) is 0 Å². The molecule has 1 aromatic rings. The van der Waals surface area contributed by atoms with Gasteiger partial charge in [0.1, 0.15) is 0 Å². The molecule has 0 aliphatic carbocycles. The van der Waals surface area contributed by atoms with Crippen LogP contribution in [0.15, 0.2) is 17.0 Å². The lowest BCUT2D eigenvalue weighted by Gasteiger charge is -2.16. The van der Waals surface area contributed by atoms with Gasteiger partial charge in [-0.05, 0) is 49.9 Å². The quantitative estimate of drug-likeness (QED) is 0.804. The van der Waals surface area contributed by atoms with Gasteiger partial charge in [0.05, 0.1) is 11.4 Å². The molecule has 0 unspecified atom stereocenters. The molecular weight excluding hydrogens is 290 g/mol. The Morgan fingerprint density at radius 2 is 1.90 bits per heavy atom. The zero-order valence-corrected chi connectivity index (χ0v) is 13.2.